The Labute approximate surface area is 180 Å². The number of anilines is 1. The van der Waals surface area contributed by atoms with Crippen LogP contribution in [0.2, 0.25) is 0 Å². The van der Waals surface area contributed by atoms with Crippen molar-refractivity contribution in [2.75, 3.05) is 32.1 Å². The van der Waals surface area contributed by atoms with E-state index >= 15 is 0 Å². The maximum absolute atomic E-state index is 12.6. The third-order valence-electron chi connectivity index (χ3n) is 4.11. The van der Waals surface area contributed by atoms with Crippen molar-refractivity contribution in [3.8, 4) is 0 Å². The fourth-order valence-corrected chi connectivity index (χ4v) is 3.91. The van der Waals surface area contributed by atoms with Gasteiger partial charge in [0.2, 0.25) is 5.91 Å². The molecular formula is C22H26N2O5S. The molecule has 0 atom stereocenters. The standard InChI is InChI=1S/C22H26N2O5S/c1-5-12-29-22(27)19-15(3)18(21(26)28-6-2)20(30-19)23-17(25)14-24(4)13-16-10-8-7-9-11-16/h5,7-11H,1,6,12-14H2,2-4H3,(H,23,25). The molecule has 1 amide bonds. The second kappa shape index (κ2) is 11.3. The summed E-state index contributed by atoms with van der Waals surface area (Å²) in [5.74, 6) is -1.47. The van der Waals surface area contributed by atoms with Crippen molar-refractivity contribution in [1.29, 1.82) is 0 Å². The van der Waals surface area contributed by atoms with E-state index in [4.69, 9.17) is 9.47 Å². The van der Waals surface area contributed by atoms with E-state index < -0.39 is 11.9 Å². The highest BCUT2D eigenvalue weighted by atomic mass is 32.1. The zero-order valence-electron chi connectivity index (χ0n) is 17.4. The summed E-state index contributed by atoms with van der Waals surface area (Å²) in [6, 6.07) is 9.78. The summed E-state index contributed by atoms with van der Waals surface area (Å²) >= 11 is 0.998. The van der Waals surface area contributed by atoms with E-state index in [9.17, 15) is 14.4 Å². The minimum atomic E-state index is -0.595. The Hall–Kier alpha value is -2.97. The molecule has 8 heteroatoms. The number of carbonyl (C=O) groups excluding carboxylic acids is 3. The number of nitrogens with zero attached hydrogens (tertiary/aromatic N) is 1. The normalized spacial score (nSPS) is 10.5. The van der Waals surface area contributed by atoms with Crippen molar-refractivity contribution in [3.63, 3.8) is 0 Å². The number of esters is 2. The molecule has 0 spiro atoms. The van der Waals surface area contributed by atoms with E-state index in [1.165, 1.54) is 6.08 Å². The molecule has 0 fully saturated rings. The summed E-state index contributed by atoms with van der Waals surface area (Å²) in [5, 5.41) is 3.02. The van der Waals surface area contributed by atoms with Gasteiger partial charge in [0.1, 0.15) is 16.5 Å². The SMILES string of the molecule is C=CCOC(=O)c1sc(NC(=O)CN(C)Cc2ccccc2)c(C(=O)OCC)c1C. The highest BCUT2D eigenvalue weighted by molar-refractivity contribution is 7.18. The lowest BCUT2D eigenvalue weighted by molar-refractivity contribution is -0.117. The quantitative estimate of drug-likeness (QED) is 0.458. The summed E-state index contributed by atoms with van der Waals surface area (Å²) in [6.07, 6.45) is 1.46. The molecule has 0 radical (unpaired) electrons. The number of hydrogen-bond acceptors (Lipinski definition) is 7. The van der Waals surface area contributed by atoms with Crippen molar-refractivity contribution in [1.82, 2.24) is 4.90 Å². The minimum Gasteiger partial charge on any atom is -0.462 e. The molecule has 2 rings (SSSR count). The molecule has 7 nitrogen and oxygen atoms in total. The first-order chi connectivity index (χ1) is 14.4. The predicted octanol–water partition coefficient (Wildman–Crippen LogP) is 3.65. The molecule has 0 saturated heterocycles. The maximum atomic E-state index is 12.6. The number of carbonyl (C=O) groups is 3. The lowest BCUT2D eigenvalue weighted by atomic mass is 10.1. The average molecular weight is 431 g/mol. The van der Waals surface area contributed by atoms with Crippen LogP contribution in [-0.4, -0.2) is 49.6 Å². The van der Waals surface area contributed by atoms with Crippen LogP contribution in [0.5, 0.6) is 0 Å². The molecular weight excluding hydrogens is 404 g/mol. The summed E-state index contributed by atoms with van der Waals surface area (Å²) < 4.78 is 10.2. The largest absolute Gasteiger partial charge is 0.462 e. The number of ether oxygens (including phenoxy) is 2. The molecule has 0 aliphatic carbocycles. The number of hydrogen-bond donors (Lipinski definition) is 1. The van der Waals surface area contributed by atoms with Crippen molar-refractivity contribution in [3.05, 3.63) is 64.6 Å². The van der Waals surface area contributed by atoms with Gasteiger partial charge in [-0.1, -0.05) is 43.0 Å². The molecule has 0 aliphatic rings. The molecule has 0 aliphatic heterocycles. The molecule has 1 N–H and O–H groups in total. The molecule has 30 heavy (non-hydrogen) atoms. The molecule has 1 heterocycles. The first kappa shape index (κ1) is 23.3. The highest BCUT2D eigenvalue weighted by Crippen LogP contribution is 2.34. The van der Waals surface area contributed by atoms with E-state index in [0.717, 1.165) is 16.9 Å². The number of amides is 1. The number of nitrogens with one attached hydrogen (secondary N) is 1. The van der Waals surface area contributed by atoms with Crippen molar-refractivity contribution >= 4 is 34.2 Å². The van der Waals surface area contributed by atoms with Crippen molar-refractivity contribution < 1.29 is 23.9 Å². The van der Waals surface area contributed by atoms with Gasteiger partial charge < -0.3 is 14.8 Å². The van der Waals surface area contributed by atoms with Gasteiger partial charge in [-0.15, -0.1) is 11.3 Å². The number of benzene rings is 1. The first-order valence-corrected chi connectivity index (χ1v) is 10.3. The Morgan fingerprint density at radius 3 is 2.50 bits per heavy atom. The van der Waals surface area contributed by atoms with Crippen LogP contribution >= 0.6 is 11.3 Å². The summed E-state index contributed by atoms with van der Waals surface area (Å²) in [5.41, 5.74) is 1.67. The lowest BCUT2D eigenvalue weighted by Gasteiger charge is -2.16. The second-order valence-electron chi connectivity index (χ2n) is 6.57. The van der Waals surface area contributed by atoms with Crippen LogP contribution in [0.4, 0.5) is 5.00 Å². The van der Waals surface area contributed by atoms with Crippen LogP contribution < -0.4 is 5.32 Å². The van der Waals surface area contributed by atoms with E-state index in [0.29, 0.717) is 12.1 Å². The molecule has 1 aromatic carbocycles. The molecule has 0 saturated carbocycles. The lowest BCUT2D eigenvalue weighted by Crippen LogP contribution is -2.30. The van der Waals surface area contributed by atoms with Gasteiger partial charge >= 0.3 is 11.9 Å². The molecule has 160 valence electrons. The smallest absolute Gasteiger partial charge is 0.348 e. The Kier molecular flexibility index (Phi) is 8.76. The molecule has 0 unspecified atom stereocenters. The van der Waals surface area contributed by atoms with E-state index in [1.54, 1.807) is 13.8 Å². The van der Waals surface area contributed by atoms with Crippen LogP contribution in [0.3, 0.4) is 0 Å². The van der Waals surface area contributed by atoms with Gasteiger partial charge in [-0.3, -0.25) is 9.69 Å². The predicted molar refractivity (Wildman–Crippen MR) is 117 cm³/mol. The zero-order valence-corrected chi connectivity index (χ0v) is 18.2. The van der Waals surface area contributed by atoms with Gasteiger partial charge in [0, 0.05) is 6.54 Å². The van der Waals surface area contributed by atoms with Crippen molar-refractivity contribution in [2.24, 2.45) is 0 Å². The summed E-state index contributed by atoms with van der Waals surface area (Å²) in [4.78, 5) is 39.4. The monoisotopic (exact) mass is 430 g/mol. The van der Waals surface area contributed by atoms with E-state index in [2.05, 4.69) is 11.9 Å². The summed E-state index contributed by atoms with van der Waals surface area (Å²) in [6.45, 7) is 7.78. The molecule has 2 aromatic rings. The van der Waals surface area contributed by atoms with Crippen LogP contribution in [-0.2, 0) is 20.8 Å². The Morgan fingerprint density at radius 2 is 1.87 bits per heavy atom. The Morgan fingerprint density at radius 1 is 1.17 bits per heavy atom. The maximum Gasteiger partial charge on any atom is 0.348 e. The minimum absolute atomic E-state index is 0.0525. The van der Waals surface area contributed by atoms with Gasteiger partial charge in [0.15, 0.2) is 0 Å². The topological polar surface area (TPSA) is 84.9 Å². The van der Waals surface area contributed by atoms with Crippen LogP contribution in [0, 0.1) is 6.92 Å². The molecule has 0 bridgehead atoms. The number of likely N-dealkylation sites (N-methyl/N-ethyl adjacent to an activating group) is 1. The van der Waals surface area contributed by atoms with Gasteiger partial charge in [-0.05, 0) is 32.0 Å². The van der Waals surface area contributed by atoms with Crippen LogP contribution in [0.25, 0.3) is 0 Å². The third-order valence-corrected chi connectivity index (χ3v) is 5.29. The van der Waals surface area contributed by atoms with Gasteiger partial charge in [0.25, 0.3) is 0 Å². The number of rotatable bonds is 10. The fraction of sp³-hybridized carbons (Fsp3) is 0.318. The van der Waals surface area contributed by atoms with Crippen LogP contribution in [0.1, 0.15) is 38.1 Å². The van der Waals surface area contributed by atoms with Crippen LogP contribution in [0.15, 0.2) is 43.0 Å². The fourth-order valence-electron chi connectivity index (χ4n) is 2.81. The first-order valence-electron chi connectivity index (χ1n) is 9.48. The Balaban J connectivity index is 2.17. The highest BCUT2D eigenvalue weighted by Gasteiger charge is 2.27. The van der Waals surface area contributed by atoms with Gasteiger partial charge in [0.05, 0.1) is 18.7 Å². The van der Waals surface area contributed by atoms with Crippen molar-refractivity contribution in [2.45, 2.75) is 20.4 Å². The zero-order chi connectivity index (χ0) is 22.1. The average Bonchev–Trinajstić information content (AvgIpc) is 3.02. The number of thiophene rings is 1. The van der Waals surface area contributed by atoms with Gasteiger partial charge in [-0.25, -0.2) is 9.59 Å². The summed E-state index contributed by atoms with van der Waals surface area (Å²) in [7, 11) is 1.83. The Bertz CT molecular complexity index is 908. The second-order valence-corrected chi connectivity index (χ2v) is 7.59. The van der Waals surface area contributed by atoms with Gasteiger partial charge in [-0.2, -0.15) is 0 Å². The van der Waals surface area contributed by atoms with E-state index in [1.807, 2.05) is 42.3 Å². The molecule has 1 aromatic heterocycles. The third kappa shape index (κ3) is 6.27. The van der Waals surface area contributed by atoms with E-state index in [-0.39, 0.29) is 41.1 Å².